The highest BCUT2D eigenvalue weighted by Gasteiger charge is 2.15. The van der Waals surface area contributed by atoms with Crippen molar-refractivity contribution in [3.8, 4) is 0 Å². The van der Waals surface area contributed by atoms with Crippen molar-refractivity contribution in [2.75, 3.05) is 6.26 Å². The summed E-state index contributed by atoms with van der Waals surface area (Å²) in [5, 5.41) is 1.31. The molecule has 2 aromatic rings. The summed E-state index contributed by atoms with van der Waals surface area (Å²) in [4.78, 5) is 1.21. The SMILES string of the molecule is CSc1ccccc1C(Cc1ccc(Cl)cc1Cl)NN. The van der Waals surface area contributed by atoms with E-state index in [1.807, 2.05) is 24.3 Å². The van der Waals surface area contributed by atoms with Crippen molar-refractivity contribution in [2.45, 2.75) is 17.4 Å². The van der Waals surface area contributed by atoms with Crippen molar-refractivity contribution in [1.29, 1.82) is 0 Å². The molecule has 1 atom stereocenters. The zero-order valence-corrected chi connectivity index (χ0v) is 13.4. The summed E-state index contributed by atoms with van der Waals surface area (Å²) in [6, 6.07) is 13.8. The number of benzene rings is 2. The normalized spacial score (nSPS) is 12.4. The van der Waals surface area contributed by atoms with Crippen molar-refractivity contribution in [1.82, 2.24) is 5.43 Å². The molecule has 0 radical (unpaired) electrons. The third-order valence-electron chi connectivity index (χ3n) is 3.15. The topological polar surface area (TPSA) is 38.0 Å². The number of nitrogens with one attached hydrogen (secondary N) is 1. The Bertz CT molecular complexity index is 590. The number of hydrogen-bond acceptors (Lipinski definition) is 3. The van der Waals surface area contributed by atoms with Gasteiger partial charge in [0.25, 0.3) is 0 Å². The average Bonchev–Trinajstić information content (AvgIpc) is 2.46. The fourth-order valence-corrected chi connectivity index (χ4v) is 3.27. The minimum absolute atomic E-state index is 0.0114. The van der Waals surface area contributed by atoms with Gasteiger partial charge in [-0.15, -0.1) is 11.8 Å². The van der Waals surface area contributed by atoms with Crippen molar-refractivity contribution in [3.63, 3.8) is 0 Å². The first-order chi connectivity index (χ1) is 9.65. The van der Waals surface area contributed by atoms with Crippen LogP contribution < -0.4 is 11.3 Å². The van der Waals surface area contributed by atoms with E-state index >= 15 is 0 Å². The molecular weight excluding hydrogens is 311 g/mol. The molecule has 1 unspecified atom stereocenters. The van der Waals surface area contributed by atoms with Crippen LogP contribution in [0.3, 0.4) is 0 Å². The van der Waals surface area contributed by atoms with Crippen LogP contribution in [0.15, 0.2) is 47.4 Å². The van der Waals surface area contributed by atoms with E-state index in [9.17, 15) is 0 Å². The van der Waals surface area contributed by atoms with E-state index in [1.54, 1.807) is 17.8 Å². The first-order valence-electron chi connectivity index (χ1n) is 6.18. The van der Waals surface area contributed by atoms with Gasteiger partial charge in [-0.2, -0.15) is 0 Å². The minimum Gasteiger partial charge on any atom is -0.271 e. The van der Waals surface area contributed by atoms with Crippen LogP contribution >= 0.6 is 35.0 Å². The highest BCUT2D eigenvalue weighted by Crippen LogP contribution is 2.30. The fourth-order valence-electron chi connectivity index (χ4n) is 2.12. The van der Waals surface area contributed by atoms with E-state index in [2.05, 4.69) is 23.8 Å². The second-order valence-electron chi connectivity index (χ2n) is 4.40. The molecule has 0 aromatic heterocycles. The lowest BCUT2D eigenvalue weighted by atomic mass is 9.99. The third kappa shape index (κ3) is 3.68. The van der Waals surface area contributed by atoms with E-state index in [0.29, 0.717) is 16.5 Å². The van der Waals surface area contributed by atoms with Crippen LogP contribution in [0.5, 0.6) is 0 Å². The van der Waals surface area contributed by atoms with Gasteiger partial charge in [0.1, 0.15) is 0 Å². The maximum Gasteiger partial charge on any atom is 0.0511 e. The molecule has 0 aliphatic carbocycles. The van der Waals surface area contributed by atoms with Gasteiger partial charge in [-0.1, -0.05) is 47.5 Å². The van der Waals surface area contributed by atoms with Crippen LogP contribution in [-0.4, -0.2) is 6.26 Å². The number of hydrazine groups is 1. The lowest BCUT2D eigenvalue weighted by Crippen LogP contribution is -2.30. The van der Waals surface area contributed by atoms with Crippen LogP contribution in [0.4, 0.5) is 0 Å². The highest BCUT2D eigenvalue weighted by atomic mass is 35.5. The van der Waals surface area contributed by atoms with Gasteiger partial charge in [0.2, 0.25) is 0 Å². The molecule has 0 saturated carbocycles. The molecule has 0 aliphatic rings. The first kappa shape index (κ1) is 15.7. The first-order valence-corrected chi connectivity index (χ1v) is 8.16. The summed E-state index contributed by atoms with van der Waals surface area (Å²) < 4.78 is 0. The maximum atomic E-state index is 6.23. The van der Waals surface area contributed by atoms with Gasteiger partial charge in [-0.3, -0.25) is 11.3 Å². The molecule has 0 fully saturated rings. The molecule has 106 valence electrons. The highest BCUT2D eigenvalue weighted by molar-refractivity contribution is 7.98. The number of hydrogen-bond donors (Lipinski definition) is 2. The second kappa shape index (κ2) is 7.34. The van der Waals surface area contributed by atoms with Gasteiger partial charge < -0.3 is 0 Å². The Morgan fingerprint density at radius 2 is 1.95 bits per heavy atom. The minimum atomic E-state index is 0.0114. The van der Waals surface area contributed by atoms with Gasteiger partial charge in [-0.25, -0.2) is 0 Å². The fraction of sp³-hybridized carbons (Fsp3) is 0.200. The van der Waals surface area contributed by atoms with Crippen LogP contribution in [-0.2, 0) is 6.42 Å². The Labute approximate surface area is 133 Å². The van der Waals surface area contributed by atoms with Gasteiger partial charge >= 0.3 is 0 Å². The molecule has 0 spiro atoms. The van der Waals surface area contributed by atoms with Gasteiger partial charge in [0.15, 0.2) is 0 Å². The van der Waals surface area contributed by atoms with E-state index in [4.69, 9.17) is 29.0 Å². The Kier molecular flexibility index (Phi) is 5.75. The molecule has 3 N–H and O–H groups in total. The van der Waals surface area contributed by atoms with Crippen molar-refractivity contribution < 1.29 is 0 Å². The molecule has 2 aromatic carbocycles. The van der Waals surface area contributed by atoms with E-state index in [1.165, 1.54) is 10.5 Å². The van der Waals surface area contributed by atoms with Crippen LogP contribution in [0, 0.1) is 0 Å². The van der Waals surface area contributed by atoms with E-state index < -0.39 is 0 Å². The molecule has 0 bridgehead atoms. The summed E-state index contributed by atoms with van der Waals surface area (Å²) in [5.41, 5.74) is 5.08. The summed E-state index contributed by atoms with van der Waals surface area (Å²) in [6.07, 6.45) is 2.77. The molecule has 0 heterocycles. The largest absolute Gasteiger partial charge is 0.271 e. The summed E-state index contributed by atoms with van der Waals surface area (Å²) in [5.74, 6) is 5.73. The maximum absolute atomic E-state index is 6.23. The molecule has 0 aliphatic heterocycles. The number of halogens is 2. The van der Waals surface area contributed by atoms with Crippen molar-refractivity contribution in [3.05, 3.63) is 63.6 Å². The molecular formula is C15H16Cl2N2S. The van der Waals surface area contributed by atoms with Crippen LogP contribution in [0.25, 0.3) is 0 Å². The van der Waals surface area contributed by atoms with Crippen LogP contribution in [0.1, 0.15) is 17.2 Å². The molecule has 20 heavy (non-hydrogen) atoms. The quantitative estimate of drug-likeness (QED) is 0.484. The second-order valence-corrected chi connectivity index (χ2v) is 6.09. The summed E-state index contributed by atoms with van der Waals surface area (Å²) in [6.45, 7) is 0. The smallest absolute Gasteiger partial charge is 0.0511 e. The Hall–Kier alpha value is -0.710. The Morgan fingerprint density at radius 1 is 1.20 bits per heavy atom. The number of rotatable bonds is 5. The van der Waals surface area contributed by atoms with E-state index in [0.717, 1.165) is 5.56 Å². The predicted octanol–water partition coefficient (Wildman–Crippen LogP) is 4.46. The zero-order valence-electron chi connectivity index (χ0n) is 11.1. The summed E-state index contributed by atoms with van der Waals surface area (Å²) >= 11 is 13.9. The Morgan fingerprint density at radius 3 is 2.60 bits per heavy atom. The monoisotopic (exact) mass is 326 g/mol. The average molecular weight is 327 g/mol. The van der Waals surface area contributed by atoms with Gasteiger partial charge in [0.05, 0.1) is 6.04 Å². The molecule has 5 heteroatoms. The lowest BCUT2D eigenvalue weighted by molar-refractivity contribution is 0.544. The standard InChI is InChI=1S/C15H16Cl2N2S/c1-20-15-5-3-2-4-12(15)14(19-18)8-10-6-7-11(16)9-13(10)17/h2-7,9,14,19H,8,18H2,1H3. The molecule has 2 rings (SSSR count). The van der Waals surface area contributed by atoms with Gasteiger partial charge in [0, 0.05) is 14.9 Å². The van der Waals surface area contributed by atoms with E-state index in [-0.39, 0.29) is 6.04 Å². The summed E-state index contributed by atoms with van der Waals surface area (Å²) in [7, 11) is 0. The number of thioether (sulfide) groups is 1. The van der Waals surface area contributed by atoms with Crippen LogP contribution in [0.2, 0.25) is 10.0 Å². The predicted molar refractivity (Wildman–Crippen MR) is 88.5 cm³/mol. The number of nitrogens with two attached hydrogens (primary N) is 1. The Balaban J connectivity index is 2.29. The van der Waals surface area contributed by atoms with Gasteiger partial charge in [-0.05, 0) is 42.0 Å². The molecule has 0 amide bonds. The molecule has 2 nitrogen and oxygen atoms in total. The van der Waals surface area contributed by atoms with Crippen molar-refractivity contribution >= 4 is 35.0 Å². The lowest BCUT2D eigenvalue weighted by Gasteiger charge is -2.19. The van der Waals surface area contributed by atoms with Crippen molar-refractivity contribution in [2.24, 2.45) is 5.84 Å². The zero-order chi connectivity index (χ0) is 14.5. The molecule has 0 saturated heterocycles. The third-order valence-corrected chi connectivity index (χ3v) is 4.55.